The van der Waals surface area contributed by atoms with E-state index in [0.29, 0.717) is 11.4 Å². The first kappa shape index (κ1) is 20.7. The number of hydrogen-bond acceptors (Lipinski definition) is 7. The molecule has 9 heteroatoms. The van der Waals surface area contributed by atoms with Crippen LogP contribution < -0.4 is 10.1 Å². The van der Waals surface area contributed by atoms with E-state index >= 15 is 0 Å². The number of imide groups is 1. The molecule has 3 unspecified atom stereocenters. The lowest BCUT2D eigenvalue weighted by molar-refractivity contribution is -0.143. The fourth-order valence-corrected chi connectivity index (χ4v) is 6.32. The Labute approximate surface area is 194 Å². The van der Waals surface area contributed by atoms with Crippen molar-refractivity contribution in [2.75, 3.05) is 13.1 Å². The molecular weight excluding hydrogens is 443 g/mol. The van der Waals surface area contributed by atoms with Crippen LogP contribution >= 0.6 is 11.3 Å². The minimum absolute atomic E-state index is 0.0131. The lowest BCUT2D eigenvalue weighted by atomic mass is 10.1. The first-order valence-corrected chi connectivity index (χ1v) is 11.9. The second kappa shape index (κ2) is 7.30. The molecule has 33 heavy (non-hydrogen) atoms. The first-order chi connectivity index (χ1) is 15.8. The predicted octanol–water partition coefficient (Wildman–Crippen LogP) is 3.38. The first-order valence-electron chi connectivity index (χ1n) is 11.1. The molecule has 1 aliphatic carbocycles. The maximum atomic E-state index is 14.2. The Morgan fingerprint density at radius 3 is 2.73 bits per heavy atom. The Morgan fingerprint density at radius 1 is 1.21 bits per heavy atom. The highest BCUT2D eigenvalue weighted by Gasteiger charge is 2.72. The number of piperidine rings is 1. The van der Waals surface area contributed by atoms with Gasteiger partial charge in [-0.1, -0.05) is 13.8 Å². The Bertz CT molecular complexity index is 1280. The Hall–Kier alpha value is -2.91. The summed E-state index contributed by atoms with van der Waals surface area (Å²) in [6.07, 6.45) is 3.69. The third kappa shape index (κ3) is 3.25. The van der Waals surface area contributed by atoms with Crippen LogP contribution in [-0.4, -0.2) is 45.9 Å². The number of likely N-dealkylation sites (tertiary alicyclic amines) is 1. The molecule has 1 saturated carbocycles. The van der Waals surface area contributed by atoms with Gasteiger partial charge in [-0.15, -0.1) is 11.3 Å². The van der Waals surface area contributed by atoms with E-state index in [-0.39, 0.29) is 41.7 Å². The van der Waals surface area contributed by atoms with Gasteiger partial charge in [-0.05, 0) is 36.6 Å². The number of thiophene rings is 1. The van der Waals surface area contributed by atoms with E-state index in [0.717, 1.165) is 46.4 Å². The second-order valence-corrected chi connectivity index (χ2v) is 10.7. The van der Waals surface area contributed by atoms with Gasteiger partial charge in [-0.25, -0.2) is 9.37 Å². The van der Waals surface area contributed by atoms with Crippen LogP contribution in [0.25, 0.3) is 21.3 Å². The Morgan fingerprint density at radius 2 is 2.00 bits per heavy atom. The molecule has 7 nitrogen and oxygen atoms in total. The van der Waals surface area contributed by atoms with E-state index in [9.17, 15) is 14.0 Å². The van der Waals surface area contributed by atoms with Gasteiger partial charge in [0.2, 0.25) is 17.7 Å². The number of ether oxygens (including phenoxy) is 1. The van der Waals surface area contributed by atoms with Gasteiger partial charge in [0.25, 0.3) is 0 Å². The van der Waals surface area contributed by atoms with Gasteiger partial charge < -0.3 is 10.1 Å². The second-order valence-electron chi connectivity index (χ2n) is 9.56. The highest BCUT2D eigenvalue weighted by Crippen LogP contribution is 2.63. The molecular formula is C24H23FN4O3S. The minimum atomic E-state index is -0.446. The monoisotopic (exact) mass is 466 g/mol. The minimum Gasteiger partial charge on any atom is -0.473 e. The van der Waals surface area contributed by atoms with E-state index in [2.05, 4.69) is 15.3 Å². The van der Waals surface area contributed by atoms with Crippen LogP contribution in [0.4, 0.5) is 4.39 Å². The number of carbonyl (C=O) groups is 2. The van der Waals surface area contributed by atoms with Crippen molar-refractivity contribution in [3.05, 3.63) is 41.3 Å². The molecule has 3 aromatic heterocycles. The molecule has 0 aromatic carbocycles. The molecule has 6 rings (SSSR count). The van der Waals surface area contributed by atoms with Gasteiger partial charge in [0.15, 0.2) is 0 Å². The van der Waals surface area contributed by atoms with Crippen LogP contribution in [0.2, 0.25) is 0 Å². The molecule has 0 bridgehead atoms. The average Bonchev–Trinajstić information content (AvgIpc) is 3.23. The maximum Gasteiger partial charge on any atom is 0.234 e. The fraction of sp³-hybridized carbons (Fsp3) is 0.417. The number of halogens is 1. The zero-order chi connectivity index (χ0) is 22.9. The molecule has 3 aliphatic rings. The third-order valence-electron chi connectivity index (χ3n) is 7.07. The molecule has 5 heterocycles. The van der Waals surface area contributed by atoms with E-state index in [4.69, 9.17) is 4.74 Å². The Kier molecular flexibility index (Phi) is 4.57. The quantitative estimate of drug-likeness (QED) is 0.581. The standard InChI is InChI=1S/C24H23FN4O3S/c1-24(2)18-19(24)23(31)29(22(18)30)11-14-8-17-20(33-14)15(4-6-27-17)16-7-12(25)9-28-21(16)32-13-3-5-26-10-13/h4,6-9,13,18-19,26H,3,5,10-11H2,1-2H3. The summed E-state index contributed by atoms with van der Waals surface area (Å²) in [6, 6.07) is 5.15. The van der Waals surface area contributed by atoms with E-state index in [1.54, 1.807) is 6.20 Å². The van der Waals surface area contributed by atoms with Crippen LogP contribution in [0.1, 0.15) is 25.1 Å². The summed E-state index contributed by atoms with van der Waals surface area (Å²) in [4.78, 5) is 36.4. The summed E-state index contributed by atoms with van der Waals surface area (Å²) in [5.41, 5.74) is 1.84. The van der Waals surface area contributed by atoms with Crippen molar-refractivity contribution in [1.29, 1.82) is 0 Å². The molecule has 0 radical (unpaired) electrons. The van der Waals surface area contributed by atoms with Gasteiger partial charge >= 0.3 is 0 Å². The van der Waals surface area contributed by atoms with E-state index < -0.39 is 5.82 Å². The van der Waals surface area contributed by atoms with Crippen molar-refractivity contribution in [2.45, 2.75) is 32.9 Å². The number of nitrogens with zero attached hydrogens (tertiary/aromatic N) is 3. The van der Waals surface area contributed by atoms with Gasteiger partial charge in [0.1, 0.15) is 11.9 Å². The molecule has 2 amide bonds. The van der Waals surface area contributed by atoms with Gasteiger partial charge in [0.05, 0.1) is 34.8 Å². The fourth-order valence-electron chi connectivity index (χ4n) is 5.19. The number of fused-ring (bicyclic) bond motifs is 2. The topological polar surface area (TPSA) is 84.4 Å². The number of aromatic nitrogens is 2. The number of nitrogens with one attached hydrogen (secondary N) is 1. The lowest BCUT2D eigenvalue weighted by Gasteiger charge is -2.19. The van der Waals surface area contributed by atoms with Crippen molar-refractivity contribution in [2.24, 2.45) is 17.3 Å². The zero-order valence-corrected chi connectivity index (χ0v) is 19.1. The summed E-state index contributed by atoms with van der Waals surface area (Å²) in [6.45, 7) is 5.78. The highest BCUT2D eigenvalue weighted by molar-refractivity contribution is 7.19. The molecule has 0 spiro atoms. The average molecular weight is 467 g/mol. The van der Waals surface area contributed by atoms with Crippen molar-refractivity contribution in [3.63, 3.8) is 0 Å². The number of pyridine rings is 2. The van der Waals surface area contributed by atoms with Crippen molar-refractivity contribution >= 4 is 33.4 Å². The zero-order valence-electron chi connectivity index (χ0n) is 18.3. The molecule has 2 saturated heterocycles. The van der Waals surface area contributed by atoms with Crippen molar-refractivity contribution in [1.82, 2.24) is 20.2 Å². The molecule has 3 atom stereocenters. The van der Waals surface area contributed by atoms with Crippen LogP contribution in [0.3, 0.4) is 0 Å². The summed E-state index contributed by atoms with van der Waals surface area (Å²) in [5.74, 6) is -0.627. The number of carbonyl (C=O) groups excluding carboxylic acids is 2. The smallest absolute Gasteiger partial charge is 0.234 e. The summed E-state index contributed by atoms with van der Waals surface area (Å²) in [7, 11) is 0. The summed E-state index contributed by atoms with van der Waals surface area (Å²) < 4.78 is 21.1. The molecule has 2 aliphatic heterocycles. The number of hydrogen-bond donors (Lipinski definition) is 1. The molecule has 3 aromatic rings. The molecule has 170 valence electrons. The van der Waals surface area contributed by atoms with E-state index in [1.807, 2.05) is 26.0 Å². The molecule has 3 fully saturated rings. The van der Waals surface area contributed by atoms with Crippen LogP contribution in [-0.2, 0) is 16.1 Å². The summed E-state index contributed by atoms with van der Waals surface area (Å²) >= 11 is 1.46. The highest BCUT2D eigenvalue weighted by atomic mass is 32.1. The Balaban J connectivity index is 1.34. The van der Waals surface area contributed by atoms with Gasteiger partial charge in [-0.2, -0.15) is 0 Å². The number of amides is 2. The summed E-state index contributed by atoms with van der Waals surface area (Å²) in [5, 5.41) is 3.25. The molecule has 1 N–H and O–H groups in total. The van der Waals surface area contributed by atoms with Crippen LogP contribution in [0.5, 0.6) is 5.88 Å². The van der Waals surface area contributed by atoms with Crippen LogP contribution in [0.15, 0.2) is 30.6 Å². The normalized spacial score (nSPS) is 25.7. The third-order valence-corrected chi connectivity index (χ3v) is 8.21. The van der Waals surface area contributed by atoms with Gasteiger partial charge in [0, 0.05) is 28.7 Å². The number of rotatable bonds is 5. The van der Waals surface area contributed by atoms with Crippen molar-refractivity contribution in [3.8, 4) is 17.0 Å². The maximum absolute atomic E-state index is 14.2. The van der Waals surface area contributed by atoms with E-state index in [1.165, 1.54) is 22.3 Å². The predicted molar refractivity (Wildman–Crippen MR) is 121 cm³/mol. The SMILES string of the molecule is CC1(C)C2C(=O)N(Cc3cc4nccc(-c5cc(F)cnc5OC5CCNC5)c4s3)C(=O)C21. The largest absolute Gasteiger partial charge is 0.473 e. The van der Waals surface area contributed by atoms with Crippen LogP contribution in [0, 0.1) is 23.1 Å². The van der Waals surface area contributed by atoms with Crippen molar-refractivity contribution < 1.29 is 18.7 Å². The van der Waals surface area contributed by atoms with Gasteiger partial charge in [-0.3, -0.25) is 19.5 Å². The lowest BCUT2D eigenvalue weighted by Crippen LogP contribution is -2.35.